The molecule has 2 aromatic carbocycles. The fraction of sp³-hybridized carbons (Fsp3) is 0. The van der Waals surface area contributed by atoms with Crippen molar-refractivity contribution in [3.8, 4) is 5.75 Å². The summed E-state index contributed by atoms with van der Waals surface area (Å²) in [5.41, 5.74) is 0.0555. The molecule has 0 fully saturated rings. The van der Waals surface area contributed by atoms with Gasteiger partial charge in [-0.25, -0.2) is 4.39 Å². The lowest BCUT2D eigenvalue weighted by molar-refractivity contribution is 0.102. The van der Waals surface area contributed by atoms with Gasteiger partial charge in [-0.05, 0) is 24.3 Å². The average Bonchev–Trinajstić information content (AvgIpc) is 2.33. The average molecular weight is 335 g/mol. The Balaban J connectivity index is 2.33. The monoisotopic (exact) mass is 333 g/mol. The molecule has 0 aliphatic heterocycles. The van der Waals surface area contributed by atoms with E-state index >= 15 is 0 Å². The molecule has 0 aromatic heterocycles. The number of halogens is 4. The number of phenolic OH excluding ortho intramolecular Hbond substituents is 1. The number of aromatic hydroxyl groups is 1. The van der Waals surface area contributed by atoms with Gasteiger partial charge in [-0.3, -0.25) is 4.79 Å². The van der Waals surface area contributed by atoms with Crippen LogP contribution < -0.4 is 5.32 Å². The Kier molecular flexibility index (Phi) is 4.38. The predicted octanol–water partition coefficient (Wildman–Crippen LogP) is 4.74. The quantitative estimate of drug-likeness (QED) is 0.833. The molecule has 0 radical (unpaired) electrons. The maximum absolute atomic E-state index is 12.9. The number of benzene rings is 2. The molecule has 0 aliphatic rings. The first kappa shape index (κ1) is 14.9. The van der Waals surface area contributed by atoms with Crippen LogP contribution in [0.5, 0.6) is 5.75 Å². The number of anilines is 1. The molecule has 1 amide bonds. The SMILES string of the molecule is O=C(Nc1c(Cl)cc(Cl)cc1Cl)c1ccc(F)cc1O. The molecule has 0 unspecified atom stereocenters. The molecule has 0 spiro atoms. The highest BCUT2D eigenvalue weighted by atomic mass is 35.5. The molecule has 3 nitrogen and oxygen atoms in total. The Morgan fingerprint density at radius 3 is 2.25 bits per heavy atom. The summed E-state index contributed by atoms with van der Waals surface area (Å²) in [6.45, 7) is 0. The Morgan fingerprint density at radius 1 is 1.10 bits per heavy atom. The number of amides is 1. The van der Waals surface area contributed by atoms with E-state index in [2.05, 4.69) is 5.32 Å². The largest absolute Gasteiger partial charge is 0.507 e. The predicted molar refractivity (Wildman–Crippen MR) is 77.5 cm³/mol. The summed E-state index contributed by atoms with van der Waals surface area (Å²) in [6.07, 6.45) is 0. The number of hydrogen-bond donors (Lipinski definition) is 2. The smallest absolute Gasteiger partial charge is 0.259 e. The summed E-state index contributed by atoms with van der Waals surface area (Å²) in [5.74, 6) is -1.81. The summed E-state index contributed by atoms with van der Waals surface area (Å²) in [5, 5.41) is 12.6. The van der Waals surface area contributed by atoms with Gasteiger partial charge in [0.25, 0.3) is 5.91 Å². The van der Waals surface area contributed by atoms with Crippen LogP contribution in [0.15, 0.2) is 30.3 Å². The minimum absolute atomic E-state index is 0.103. The number of phenols is 1. The van der Waals surface area contributed by atoms with Crippen LogP contribution in [-0.4, -0.2) is 11.0 Å². The van der Waals surface area contributed by atoms with Gasteiger partial charge < -0.3 is 10.4 Å². The standard InChI is InChI=1S/C13H7Cl3FNO2/c14-6-3-9(15)12(10(16)4-6)18-13(20)8-2-1-7(17)5-11(8)19/h1-5,19H,(H,18,20). The zero-order valence-electron chi connectivity index (χ0n) is 9.75. The highest BCUT2D eigenvalue weighted by Gasteiger charge is 2.16. The number of rotatable bonds is 2. The molecule has 0 heterocycles. The van der Waals surface area contributed by atoms with Crippen molar-refractivity contribution < 1.29 is 14.3 Å². The number of nitrogens with one attached hydrogen (secondary N) is 1. The first-order chi connectivity index (χ1) is 9.38. The van der Waals surface area contributed by atoms with Gasteiger partial charge in [0, 0.05) is 11.1 Å². The first-order valence-electron chi connectivity index (χ1n) is 5.33. The van der Waals surface area contributed by atoms with Crippen LogP contribution in [0, 0.1) is 5.82 Å². The van der Waals surface area contributed by atoms with Crippen molar-refractivity contribution in [2.75, 3.05) is 5.32 Å². The van der Waals surface area contributed by atoms with Crippen LogP contribution in [0.25, 0.3) is 0 Å². The van der Waals surface area contributed by atoms with Crippen molar-refractivity contribution in [1.82, 2.24) is 0 Å². The second-order valence-electron chi connectivity index (χ2n) is 3.86. The van der Waals surface area contributed by atoms with Crippen molar-refractivity contribution in [2.24, 2.45) is 0 Å². The van der Waals surface area contributed by atoms with E-state index in [0.717, 1.165) is 18.2 Å². The van der Waals surface area contributed by atoms with E-state index in [0.29, 0.717) is 5.02 Å². The lowest BCUT2D eigenvalue weighted by Gasteiger charge is -2.10. The van der Waals surface area contributed by atoms with Crippen LogP contribution >= 0.6 is 34.8 Å². The van der Waals surface area contributed by atoms with E-state index in [9.17, 15) is 14.3 Å². The van der Waals surface area contributed by atoms with Gasteiger partial charge in [0.2, 0.25) is 0 Å². The number of carbonyl (C=O) groups is 1. The lowest BCUT2D eigenvalue weighted by Crippen LogP contribution is -2.13. The van der Waals surface area contributed by atoms with E-state index in [4.69, 9.17) is 34.8 Å². The molecule has 0 saturated heterocycles. The van der Waals surface area contributed by atoms with Gasteiger partial charge in [-0.2, -0.15) is 0 Å². The number of hydrogen-bond acceptors (Lipinski definition) is 2. The van der Waals surface area contributed by atoms with Crippen molar-refractivity contribution >= 4 is 46.4 Å². The molecule has 0 saturated carbocycles. The van der Waals surface area contributed by atoms with Gasteiger partial charge in [-0.15, -0.1) is 0 Å². The molecule has 0 bridgehead atoms. The van der Waals surface area contributed by atoms with Crippen molar-refractivity contribution in [1.29, 1.82) is 0 Å². The van der Waals surface area contributed by atoms with Crippen molar-refractivity contribution in [3.05, 3.63) is 56.8 Å². The second-order valence-corrected chi connectivity index (χ2v) is 5.11. The maximum atomic E-state index is 12.9. The molecular formula is C13H7Cl3FNO2. The summed E-state index contributed by atoms with van der Waals surface area (Å²) in [7, 11) is 0. The molecule has 104 valence electrons. The molecule has 2 rings (SSSR count). The fourth-order valence-corrected chi connectivity index (χ4v) is 2.45. The molecule has 2 aromatic rings. The van der Waals surface area contributed by atoms with Gasteiger partial charge in [0.1, 0.15) is 11.6 Å². The lowest BCUT2D eigenvalue weighted by atomic mass is 10.1. The highest BCUT2D eigenvalue weighted by molar-refractivity contribution is 6.42. The third-order valence-corrected chi connectivity index (χ3v) is 3.26. The second kappa shape index (κ2) is 5.87. The summed E-state index contributed by atoms with van der Waals surface area (Å²) < 4.78 is 12.9. The van der Waals surface area contributed by atoms with E-state index < -0.39 is 17.5 Å². The topological polar surface area (TPSA) is 49.3 Å². The van der Waals surface area contributed by atoms with E-state index in [-0.39, 0.29) is 21.3 Å². The van der Waals surface area contributed by atoms with Gasteiger partial charge in [-0.1, -0.05) is 34.8 Å². The van der Waals surface area contributed by atoms with Crippen molar-refractivity contribution in [2.45, 2.75) is 0 Å². The maximum Gasteiger partial charge on any atom is 0.259 e. The Hall–Kier alpha value is -1.49. The minimum atomic E-state index is -0.673. The highest BCUT2D eigenvalue weighted by Crippen LogP contribution is 2.34. The van der Waals surface area contributed by atoms with Gasteiger partial charge in [0.05, 0.1) is 21.3 Å². The van der Waals surface area contributed by atoms with Crippen LogP contribution in [0.3, 0.4) is 0 Å². The molecule has 0 aliphatic carbocycles. The van der Waals surface area contributed by atoms with E-state index in [1.807, 2.05) is 0 Å². The van der Waals surface area contributed by atoms with Crippen LogP contribution in [0.1, 0.15) is 10.4 Å². The molecule has 7 heteroatoms. The Morgan fingerprint density at radius 2 is 1.70 bits per heavy atom. The van der Waals surface area contributed by atoms with Crippen LogP contribution in [-0.2, 0) is 0 Å². The normalized spacial score (nSPS) is 10.4. The molecule has 0 atom stereocenters. The molecule has 20 heavy (non-hydrogen) atoms. The van der Waals surface area contributed by atoms with Gasteiger partial charge >= 0.3 is 0 Å². The minimum Gasteiger partial charge on any atom is -0.507 e. The van der Waals surface area contributed by atoms with Crippen LogP contribution in [0.4, 0.5) is 10.1 Å². The Labute approximate surface area is 128 Å². The molecular weight excluding hydrogens is 328 g/mol. The fourth-order valence-electron chi connectivity index (χ4n) is 1.54. The van der Waals surface area contributed by atoms with E-state index in [1.54, 1.807) is 0 Å². The van der Waals surface area contributed by atoms with E-state index in [1.165, 1.54) is 12.1 Å². The summed E-state index contributed by atoms with van der Waals surface area (Å²) >= 11 is 17.6. The van der Waals surface area contributed by atoms with Crippen molar-refractivity contribution in [3.63, 3.8) is 0 Å². The number of carbonyl (C=O) groups excluding carboxylic acids is 1. The van der Waals surface area contributed by atoms with Gasteiger partial charge in [0.15, 0.2) is 0 Å². The summed E-state index contributed by atoms with van der Waals surface area (Å²) in [4.78, 5) is 12.0. The zero-order valence-corrected chi connectivity index (χ0v) is 12.0. The molecule has 2 N–H and O–H groups in total. The summed E-state index contributed by atoms with van der Waals surface area (Å²) in [6, 6.07) is 5.86. The third-order valence-electron chi connectivity index (χ3n) is 2.45. The first-order valence-corrected chi connectivity index (χ1v) is 6.46. The zero-order chi connectivity index (χ0) is 14.9. The Bertz CT molecular complexity index is 668. The van der Waals surface area contributed by atoms with Crippen LogP contribution in [0.2, 0.25) is 15.1 Å². The third kappa shape index (κ3) is 3.15.